The largest absolute Gasteiger partial charge is 0.477 e. The summed E-state index contributed by atoms with van der Waals surface area (Å²) in [7, 11) is 1.88. The van der Waals surface area contributed by atoms with Crippen LogP contribution in [-0.2, 0) is 20.9 Å². The number of halogens is 3. The number of anilines is 1. The van der Waals surface area contributed by atoms with E-state index in [0.717, 1.165) is 33.5 Å². The Morgan fingerprint density at radius 3 is 2.49 bits per heavy atom. The third-order valence-electron chi connectivity index (χ3n) is 7.50. The lowest BCUT2D eigenvalue weighted by Crippen LogP contribution is -2.60. The number of benzene rings is 1. The smallest absolute Gasteiger partial charge is 0.353 e. The van der Waals surface area contributed by atoms with Crippen LogP contribution < -0.4 is 10.3 Å². The molecule has 2 fully saturated rings. The molecule has 3 aliphatic rings. The molecule has 15 heteroatoms. The van der Waals surface area contributed by atoms with Crippen molar-refractivity contribution in [3.8, 4) is 0 Å². The van der Waals surface area contributed by atoms with Crippen LogP contribution in [0.5, 0.6) is 0 Å². The second-order valence-corrected chi connectivity index (χ2v) is 11.3. The van der Waals surface area contributed by atoms with Gasteiger partial charge < -0.3 is 29.3 Å². The molecule has 3 atom stereocenters. The fourth-order valence-corrected chi connectivity index (χ4v) is 6.89. The first kappa shape index (κ1) is 29.0. The minimum absolute atomic E-state index is 0.0196. The van der Waals surface area contributed by atoms with Crippen molar-refractivity contribution in [3.05, 3.63) is 50.3 Å². The van der Waals surface area contributed by atoms with Crippen LogP contribution in [0.2, 0.25) is 0 Å². The molecule has 2 aromatic rings. The number of carbonyl (C=O) groups is 3. The van der Waals surface area contributed by atoms with Crippen LogP contribution in [0.1, 0.15) is 17.3 Å². The van der Waals surface area contributed by atoms with Crippen molar-refractivity contribution in [2.45, 2.75) is 24.9 Å². The number of thioether (sulfide) groups is 1. The first-order valence-electron chi connectivity index (χ1n) is 12.8. The number of nitrogens with zero attached hydrogens (tertiary/aromatic N) is 4. The molecule has 5 rings (SSSR count). The molecule has 3 aliphatic heterocycles. The number of carbonyl (C=O) groups excluding carboxylic acids is 2. The fourth-order valence-electron chi connectivity index (χ4n) is 5.37. The van der Waals surface area contributed by atoms with Crippen LogP contribution >= 0.6 is 11.8 Å². The van der Waals surface area contributed by atoms with Gasteiger partial charge in [-0.3, -0.25) is 14.5 Å². The van der Waals surface area contributed by atoms with E-state index in [2.05, 4.69) is 0 Å². The number of pyridine rings is 1. The van der Waals surface area contributed by atoms with Gasteiger partial charge in [0.05, 0.1) is 34.4 Å². The van der Waals surface area contributed by atoms with Gasteiger partial charge in [-0.1, -0.05) is 11.8 Å². The number of hydrogen-bond acceptors (Lipinski definition) is 9. The Labute approximate surface area is 235 Å². The number of ether oxygens (including phenoxy) is 1. The summed E-state index contributed by atoms with van der Waals surface area (Å²) < 4.78 is 50.7. The van der Waals surface area contributed by atoms with Gasteiger partial charge in [0, 0.05) is 32.4 Å². The summed E-state index contributed by atoms with van der Waals surface area (Å²) in [5, 5.41) is 18.3. The number of aliphatic hydroxyl groups excluding tert-OH is 1. The molecule has 1 aromatic carbocycles. The average Bonchev–Trinajstić information content (AvgIpc) is 3.24. The number of fused-ring (bicyclic) bond motifs is 2. The van der Waals surface area contributed by atoms with E-state index < -0.39 is 88.8 Å². The van der Waals surface area contributed by atoms with Crippen LogP contribution in [0.3, 0.4) is 0 Å². The van der Waals surface area contributed by atoms with Crippen LogP contribution in [0, 0.1) is 17.6 Å². The number of aliphatic hydroxyl groups is 1. The van der Waals surface area contributed by atoms with E-state index in [-0.39, 0.29) is 16.1 Å². The van der Waals surface area contributed by atoms with Gasteiger partial charge in [-0.2, -0.15) is 0 Å². The number of β-lactam (4-membered cyclic amide) rings is 1. The molecule has 2 unspecified atom stereocenters. The number of likely N-dealkylation sites (N-methyl/N-ethyl adjacent to an activating group) is 1. The molecule has 0 aliphatic carbocycles. The molecule has 0 saturated carbocycles. The van der Waals surface area contributed by atoms with E-state index in [0.29, 0.717) is 26.2 Å². The van der Waals surface area contributed by atoms with Crippen LogP contribution in [-0.4, -0.2) is 100 Å². The summed E-state index contributed by atoms with van der Waals surface area (Å²) in [6, 6.07) is 0.824. The number of carboxylic acid groups (broad SMARTS) is 1. The van der Waals surface area contributed by atoms with Crippen molar-refractivity contribution in [3.63, 3.8) is 0 Å². The van der Waals surface area contributed by atoms with Crippen molar-refractivity contribution < 1.29 is 42.5 Å². The minimum Gasteiger partial charge on any atom is -0.477 e. The van der Waals surface area contributed by atoms with Crippen molar-refractivity contribution in [1.82, 2.24) is 14.4 Å². The third kappa shape index (κ3) is 4.85. The van der Waals surface area contributed by atoms with E-state index in [1.54, 1.807) is 0 Å². The summed E-state index contributed by atoms with van der Waals surface area (Å²) >= 11 is 0.938. The number of aliphatic carboxylic acids is 1. The number of esters is 1. The average molecular weight is 597 g/mol. The second-order valence-electron chi connectivity index (χ2n) is 10.1. The number of rotatable bonds is 8. The third-order valence-corrected chi connectivity index (χ3v) is 8.84. The predicted octanol–water partition coefficient (Wildman–Crippen LogP) is 1.37. The van der Waals surface area contributed by atoms with Crippen LogP contribution in [0.4, 0.5) is 18.9 Å². The Kier molecular flexibility index (Phi) is 7.78. The first-order chi connectivity index (χ1) is 19.5. The fraction of sp³-hybridized carbons (Fsp3) is 0.462. The molecule has 2 saturated heterocycles. The highest BCUT2D eigenvalue weighted by Gasteiger charge is 2.57. The van der Waals surface area contributed by atoms with E-state index >= 15 is 8.78 Å². The number of alkyl halides is 1. The minimum atomic E-state index is -1.44. The Hall–Kier alpha value is -3.56. The molecular formula is C26H27F3N4O7S. The molecule has 220 valence electrons. The monoisotopic (exact) mass is 596 g/mol. The maximum absolute atomic E-state index is 15.8. The number of aromatic nitrogens is 1. The summed E-state index contributed by atoms with van der Waals surface area (Å²) in [5.41, 5.74) is -2.76. The van der Waals surface area contributed by atoms with Crippen molar-refractivity contribution in [2.75, 3.05) is 51.4 Å². The highest BCUT2D eigenvalue weighted by Crippen LogP contribution is 2.50. The highest BCUT2D eigenvalue weighted by molar-refractivity contribution is 8.04. The van der Waals surface area contributed by atoms with E-state index in [9.17, 15) is 33.8 Å². The summed E-state index contributed by atoms with van der Waals surface area (Å²) in [6.45, 7) is 1.15. The molecule has 1 amide bonds. The topological polar surface area (TPSA) is 133 Å². The van der Waals surface area contributed by atoms with E-state index in [4.69, 9.17) is 4.74 Å². The van der Waals surface area contributed by atoms with Gasteiger partial charge in [0.15, 0.2) is 5.82 Å². The molecule has 0 radical (unpaired) electrons. The standard InChI is InChI=1S/C26H27F3N4O7S/c1-12(34)17-23(36)33-21(25(37)38)16(41-24(17)33)11-40-26(39)14-10-32(4-3-27)19-13(22(14)35)9-15(28)20(18(19)29)31-7-5-30(2)6-8-31/h9-10,12,17,24,34H,3-8,11H2,1-2H3,(H,37,38)/t12-,17?,24?/m0/s1. The normalized spacial score (nSPS) is 21.8. The Morgan fingerprint density at radius 1 is 1.20 bits per heavy atom. The molecule has 1 aromatic heterocycles. The predicted molar refractivity (Wildman–Crippen MR) is 142 cm³/mol. The second kappa shape index (κ2) is 11.0. The Bertz CT molecular complexity index is 1540. The van der Waals surface area contributed by atoms with Gasteiger partial charge in [0.2, 0.25) is 11.3 Å². The molecule has 11 nitrogen and oxygen atoms in total. The summed E-state index contributed by atoms with van der Waals surface area (Å²) in [4.78, 5) is 55.0. The van der Waals surface area contributed by atoms with Gasteiger partial charge in [-0.25, -0.2) is 22.8 Å². The van der Waals surface area contributed by atoms with Gasteiger partial charge >= 0.3 is 11.9 Å². The van der Waals surface area contributed by atoms with E-state index in [1.807, 2.05) is 11.9 Å². The lowest BCUT2D eigenvalue weighted by molar-refractivity contribution is -0.156. The van der Waals surface area contributed by atoms with Gasteiger partial charge in [-0.15, -0.1) is 0 Å². The molecule has 2 N–H and O–H groups in total. The zero-order chi connectivity index (χ0) is 29.7. The lowest BCUT2D eigenvalue weighted by atomic mass is 9.92. The maximum Gasteiger partial charge on any atom is 0.353 e. The molecule has 41 heavy (non-hydrogen) atoms. The maximum atomic E-state index is 15.8. The van der Waals surface area contributed by atoms with Gasteiger partial charge in [-0.05, 0) is 20.0 Å². The van der Waals surface area contributed by atoms with Crippen molar-refractivity contribution in [1.29, 1.82) is 0 Å². The number of carboxylic acids is 1. The van der Waals surface area contributed by atoms with Crippen molar-refractivity contribution >= 4 is 46.2 Å². The zero-order valence-electron chi connectivity index (χ0n) is 22.1. The highest BCUT2D eigenvalue weighted by atomic mass is 32.2. The number of hydrogen-bond donors (Lipinski definition) is 2. The van der Waals surface area contributed by atoms with Crippen LogP contribution in [0.25, 0.3) is 10.9 Å². The molecule has 4 heterocycles. The summed E-state index contributed by atoms with van der Waals surface area (Å²) in [5.74, 6) is -6.14. The van der Waals surface area contributed by atoms with E-state index in [1.165, 1.54) is 11.8 Å². The number of amides is 1. The Balaban J connectivity index is 1.47. The number of piperazine rings is 1. The number of aryl methyl sites for hydroxylation is 1. The first-order valence-corrected chi connectivity index (χ1v) is 13.7. The van der Waals surface area contributed by atoms with Crippen molar-refractivity contribution in [2.24, 2.45) is 5.92 Å². The molecule has 0 spiro atoms. The molecular weight excluding hydrogens is 569 g/mol. The molecule has 0 bridgehead atoms. The Morgan fingerprint density at radius 2 is 1.88 bits per heavy atom. The zero-order valence-corrected chi connectivity index (χ0v) is 22.9. The SMILES string of the molecule is C[C@H](O)C1C(=O)N2C(C(=O)O)=C(COC(=O)c3cn(CCF)c4c(F)c(N5CCN(C)CC5)c(F)cc4c3=O)SC12. The lowest BCUT2D eigenvalue weighted by Gasteiger charge is -2.43. The summed E-state index contributed by atoms with van der Waals surface area (Å²) in [6.07, 6.45) is -0.0900. The van der Waals surface area contributed by atoms with Gasteiger partial charge in [0.25, 0.3) is 0 Å². The van der Waals surface area contributed by atoms with Gasteiger partial charge in [0.1, 0.15) is 41.4 Å². The van der Waals surface area contributed by atoms with Crippen LogP contribution in [0.15, 0.2) is 27.7 Å². The quantitative estimate of drug-likeness (QED) is 0.340.